The molecule has 0 aliphatic carbocycles. The van der Waals surface area contributed by atoms with Gasteiger partial charge in [0.2, 0.25) is 15.9 Å². The van der Waals surface area contributed by atoms with Gasteiger partial charge in [0.05, 0.1) is 4.90 Å². The van der Waals surface area contributed by atoms with Crippen molar-refractivity contribution >= 4 is 15.9 Å². The van der Waals surface area contributed by atoms with Gasteiger partial charge in [0.15, 0.2) is 0 Å². The summed E-state index contributed by atoms with van der Waals surface area (Å²) in [6.07, 6.45) is 3.78. The van der Waals surface area contributed by atoms with Crippen LogP contribution in [0.15, 0.2) is 29.2 Å². The van der Waals surface area contributed by atoms with Crippen LogP contribution in [0.1, 0.15) is 38.2 Å². The Bertz CT molecular complexity index is 808. The third-order valence-electron chi connectivity index (χ3n) is 6.25. The highest BCUT2D eigenvalue weighted by Gasteiger charge is 2.28. The molecule has 0 bridgehead atoms. The van der Waals surface area contributed by atoms with Crippen molar-refractivity contribution in [2.45, 2.75) is 50.5 Å². The Hall–Kier alpha value is -1.48. The lowest BCUT2D eigenvalue weighted by Gasteiger charge is -2.35. The Labute approximate surface area is 181 Å². The minimum Gasteiger partial charge on any atom is -0.340 e. The molecule has 1 N–H and O–H groups in total. The maximum absolute atomic E-state index is 13.4. The lowest BCUT2D eigenvalue weighted by Crippen LogP contribution is -2.48. The number of nitrogens with one attached hydrogen (secondary N) is 1. The second kappa shape index (κ2) is 10.7. The normalized spacial score (nSPS) is 21.2. The van der Waals surface area contributed by atoms with E-state index >= 15 is 0 Å². The van der Waals surface area contributed by atoms with Crippen LogP contribution < -0.4 is 5.32 Å². The summed E-state index contributed by atoms with van der Waals surface area (Å²) in [5.41, 5.74) is 0.914. The van der Waals surface area contributed by atoms with Crippen LogP contribution >= 0.6 is 0 Å². The quantitative estimate of drug-likeness (QED) is 0.671. The molecule has 1 amide bonds. The number of hydrogen-bond acceptors (Lipinski definition) is 5. The number of benzene rings is 1. The predicted molar refractivity (Wildman–Crippen MR) is 119 cm³/mol. The van der Waals surface area contributed by atoms with Gasteiger partial charge in [-0.25, -0.2) is 8.42 Å². The third-order valence-corrected chi connectivity index (χ3v) is 8.14. The molecule has 0 unspecified atom stereocenters. The average Bonchev–Trinajstić information content (AvgIpc) is 2.75. The van der Waals surface area contributed by atoms with Crippen LogP contribution in [-0.4, -0.2) is 86.8 Å². The van der Waals surface area contributed by atoms with Gasteiger partial charge in [-0.1, -0.05) is 18.6 Å². The van der Waals surface area contributed by atoms with Crippen molar-refractivity contribution in [1.82, 2.24) is 19.4 Å². The molecule has 0 saturated carbocycles. The highest BCUT2D eigenvalue weighted by atomic mass is 32.2. The van der Waals surface area contributed by atoms with E-state index in [4.69, 9.17) is 0 Å². The van der Waals surface area contributed by atoms with E-state index in [0.717, 1.165) is 38.0 Å². The summed E-state index contributed by atoms with van der Waals surface area (Å²) in [7, 11) is -3.64. The first-order chi connectivity index (χ1) is 14.4. The number of piperazine rings is 1. The van der Waals surface area contributed by atoms with Gasteiger partial charge < -0.3 is 10.2 Å². The fourth-order valence-electron chi connectivity index (χ4n) is 4.30. The smallest absolute Gasteiger partial charge is 0.243 e. The molecule has 0 spiro atoms. The van der Waals surface area contributed by atoms with Gasteiger partial charge in [0.1, 0.15) is 0 Å². The maximum atomic E-state index is 13.4. The Morgan fingerprint density at radius 2 is 1.93 bits per heavy atom. The highest BCUT2D eigenvalue weighted by molar-refractivity contribution is 7.89. The number of rotatable bonds is 8. The summed E-state index contributed by atoms with van der Waals surface area (Å²) in [5, 5.41) is 3.24. The molecular weight excluding hydrogens is 400 g/mol. The van der Waals surface area contributed by atoms with Crippen molar-refractivity contribution in [2.24, 2.45) is 0 Å². The average molecular weight is 437 g/mol. The molecule has 2 fully saturated rings. The zero-order chi connectivity index (χ0) is 21.6. The minimum absolute atomic E-state index is 0.0345. The van der Waals surface area contributed by atoms with Gasteiger partial charge in [-0.3, -0.25) is 9.69 Å². The Morgan fingerprint density at radius 1 is 1.17 bits per heavy atom. The number of sulfonamides is 1. The topological polar surface area (TPSA) is 73.0 Å². The Kier molecular flexibility index (Phi) is 8.27. The zero-order valence-electron chi connectivity index (χ0n) is 18.3. The number of aryl methyl sites for hydroxylation is 1. The van der Waals surface area contributed by atoms with Crippen LogP contribution in [0.25, 0.3) is 0 Å². The van der Waals surface area contributed by atoms with E-state index in [0.29, 0.717) is 37.1 Å². The monoisotopic (exact) mass is 436 g/mol. The van der Waals surface area contributed by atoms with Crippen LogP contribution in [0, 0.1) is 6.92 Å². The first-order valence-corrected chi connectivity index (χ1v) is 12.6. The van der Waals surface area contributed by atoms with Crippen LogP contribution in [0.5, 0.6) is 0 Å². The van der Waals surface area contributed by atoms with Crippen molar-refractivity contribution in [3.8, 4) is 0 Å². The zero-order valence-corrected chi connectivity index (χ0v) is 19.2. The second-order valence-corrected chi connectivity index (χ2v) is 10.4. The molecule has 1 aromatic rings. The van der Waals surface area contributed by atoms with Crippen LogP contribution in [0.3, 0.4) is 0 Å². The Morgan fingerprint density at radius 3 is 2.63 bits per heavy atom. The molecule has 1 atom stereocenters. The molecule has 0 aromatic heterocycles. The number of carbonyl (C=O) groups excluding carboxylic acids is 1. The first kappa shape index (κ1) is 23.2. The number of likely N-dealkylation sites (tertiary alicyclic amines) is 1. The van der Waals surface area contributed by atoms with E-state index in [9.17, 15) is 13.2 Å². The molecule has 7 nitrogen and oxygen atoms in total. The number of hydrogen-bond donors (Lipinski definition) is 1. The van der Waals surface area contributed by atoms with E-state index in [-0.39, 0.29) is 18.9 Å². The van der Waals surface area contributed by atoms with Crippen molar-refractivity contribution in [3.63, 3.8) is 0 Å². The maximum Gasteiger partial charge on any atom is 0.243 e. The van der Waals surface area contributed by atoms with Gasteiger partial charge in [-0.15, -0.1) is 0 Å². The summed E-state index contributed by atoms with van der Waals surface area (Å²) < 4.78 is 28.3. The second-order valence-electron chi connectivity index (χ2n) is 8.48. The van der Waals surface area contributed by atoms with Crippen LogP contribution in [0.2, 0.25) is 0 Å². The predicted octanol–water partition coefficient (Wildman–Crippen LogP) is 1.68. The summed E-state index contributed by atoms with van der Waals surface area (Å²) in [4.78, 5) is 17.2. The van der Waals surface area contributed by atoms with Gasteiger partial charge >= 0.3 is 0 Å². The lowest BCUT2D eigenvalue weighted by atomic mass is 10.0. The molecule has 0 radical (unpaired) electrons. The molecule has 168 valence electrons. The largest absolute Gasteiger partial charge is 0.340 e. The Balaban J connectivity index is 1.70. The molecule has 8 heteroatoms. The van der Waals surface area contributed by atoms with E-state index in [1.807, 2.05) is 17.9 Å². The SMILES string of the molecule is Cc1cccc(S(=O)(=O)N(CCC(=O)N2CCNCC2)CCN2CCCC[C@@H]2C)c1. The standard InChI is InChI=1S/C22H36N4O3S/c1-19-6-5-8-21(18-19)30(28,29)26(17-16-24-12-4-3-7-20(24)2)13-9-22(27)25-14-10-23-11-15-25/h5-6,8,18,20,23H,3-4,7,9-17H2,1-2H3/t20-/m0/s1. The van der Waals surface area contributed by atoms with Gasteiger partial charge in [-0.2, -0.15) is 4.31 Å². The van der Waals surface area contributed by atoms with Crippen molar-refractivity contribution in [1.29, 1.82) is 0 Å². The van der Waals surface area contributed by atoms with E-state index in [2.05, 4.69) is 17.1 Å². The summed E-state index contributed by atoms with van der Waals surface area (Å²) >= 11 is 0. The summed E-state index contributed by atoms with van der Waals surface area (Å²) in [5.74, 6) is 0.0345. The summed E-state index contributed by atoms with van der Waals surface area (Å²) in [6.45, 7) is 9.43. The molecule has 3 rings (SSSR count). The van der Waals surface area contributed by atoms with E-state index in [1.54, 1.807) is 18.2 Å². The highest BCUT2D eigenvalue weighted by Crippen LogP contribution is 2.20. The molecule has 2 heterocycles. The molecular formula is C22H36N4O3S. The van der Waals surface area contributed by atoms with Crippen molar-refractivity contribution in [3.05, 3.63) is 29.8 Å². The van der Waals surface area contributed by atoms with E-state index in [1.165, 1.54) is 10.7 Å². The fraction of sp³-hybridized carbons (Fsp3) is 0.682. The van der Waals surface area contributed by atoms with Gasteiger partial charge in [0.25, 0.3) is 0 Å². The minimum atomic E-state index is -3.64. The van der Waals surface area contributed by atoms with Crippen LogP contribution in [-0.2, 0) is 14.8 Å². The summed E-state index contributed by atoms with van der Waals surface area (Å²) in [6, 6.07) is 7.51. The van der Waals surface area contributed by atoms with Gasteiger partial charge in [0, 0.05) is 58.3 Å². The van der Waals surface area contributed by atoms with Crippen molar-refractivity contribution < 1.29 is 13.2 Å². The van der Waals surface area contributed by atoms with Crippen molar-refractivity contribution in [2.75, 3.05) is 52.4 Å². The fourth-order valence-corrected chi connectivity index (χ4v) is 5.84. The lowest BCUT2D eigenvalue weighted by molar-refractivity contribution is -0.131. The molecule has 30 heavy (non-hydrogen) atoms. The number of piperidine rings is 1. The van der Waals surface area contributed by atoms with Crippen LogP contribution in [0.4, 0.5) is 0 Å². The molecule has 2 saturated heterocycles. The first-order valence-electron chi connectivity index (χ1n) is 11.2. The number of amides is 1. The molecule has 2 aliphatic rings. The van der Waals surface area contributed by atoms with E-state index < -0.39 is 10.0 Å². The third kappa shape index (κ3) is 6.03. The number of nitrogens with zero attached hydrogens (tertiary/aromatic N) is 3. The molecule has 2 aliphatic heterocycles. The van der Waals surface area contributed by atoms with Gasteiger partial charge in [-0.05, 0) is 50.9 Å². The number of carbonyl (C=O) groups is 1. The molecule has 1 aromatic carbocycles.